The quantitative estimate of drug-likeness (QED) is 0.859. The average Bonchev–Trinajstić information content (AvgIpc) is 3.02. The van der Waals surface area contributed by atoms with Gasteiger partial charge in [-0.1, -0.05) is 41.2 Å². The molecule has 0 bridgehead atoms. The second-order valence-corrected chi connectivity index (χ2v) is 8.40. The Morgan fingerprint density at radius 1 is 1.31 bits per heavy atom. The van der Waals surface area contributed by atoms with Crippen LogP contribution in [0.4, 0.5) is 9.93 Å². The maximum atomic E-state index is 12.3. The number of hydrogen-bond donors (Lipinski definition) is 2. The second kappa shape index (κ2) is 7.32. The summed E-state index contributed by atoms with van der Waals surface area (Å²) in [6.45, 7) is 2.80. The summed E-state index contributed by atoms with van der Waals surface area (Å²) < 4.78 is 5.91. The molecular weight excluding hydrogens is 348 g/mol. The van der Waals surface area contributed by atoms with Crippen LogP contribution in [0.1, 0.15) is 48.2 Å². The maximum Gasteiger partial charge on any atom is 0.321 e. The van der Waals surface area contributed by atoms with Gasteiger partial charge < -0.3 is 10.1 Å². The van der Waals surface area contributed by atoms with Crippen LogP contribution in [0.2, 0.25) is 0 Å². The summed E-state index contributed by atoms with van der Waals surface area (Å²) in [5.41, 5.74) is 2.46. The fourth-order valence-corrected chi connectivity index (χ4v) is 4.41. The van der Waals surface area contributed by atoms with E-state index in [2.05, 4.69) is 52.0 Å². The van der Waals surface area contributed by atoms with Crippen molar-refractivity contribution in [2.24, 2.45) is 0 Å². The van der Waals surface area contributed by atoms with Crippen molar-refractivity contribution in [3.63, 3.8) is 0 Å². The van der Waals surface area contributed by atoms with E-state index in [1.807, 2.05) is 0 Å². The first-order valence-electron chi connectivity index (χ1n) is 9.20. The lowest BCUT2D eigenvalue weighted by molar-refractivity contribution is -0.134. The molecule has 7 heteroatoms. The van der Waals surface area contributed by atoms with Crippen LogP contribution >= 0.6 is 11.3 Å². The number of nitrogens with zero attached hydrogens (tertiary/aromatic N) is 2. The highest BCUT2D eigenvalue weighted by Crippen LogP contribution is 2.42. The molecule has 2 fully saturated rings. The normalized spacial score (nSPS) is 21.2. The number of rotatable bonds is 4. The minimum atomic E-state index is -0.204. The molecule has 1 saturated carbocycles. The van der Waals surface area contributed by atoms with Crippen molar-refractivity contribution in [2.45, 2.75) is 57.1 Å². The van der Waals surface area contributed by atoms with Gasteiger partial charge in [-0.25, -0.2) is 4.79 Å². The Morgan fingerprint density at radius 3 is 2.85 bits per heavy atom. The monoisotopic (exact) mass is 372 g/mol. The van der Waals surface area contributed by atoms with Gasteiger partial charge in [-0.2, -0.15) is 0 Å². The Kier molecular flexibility index (Phi) is 4.91. The number of carbonyl (C=O) groups is 1. The van der Waals surface area contributed by atoms with Crippen LogP contribution in [-0.4, -0.2) is 34.5 Å². The highest BCUT2D eigenvalue weighted by Gasteiger charge is 2.42. The molecule has 26 heavy (non-hydrogen) atoms. The van der Waals surface area contributed by atoms with Gasteiger partial charge >= 0.3 is 6.03 Å². The summed E-state index contributed by atoms with van der Waals surface area (Å²) in [7, 11) is 0. The van der Waals surface area contributed by atoms with E-state index in [-0.39, 0.29) is 17.7 Å². The van der Waals surface area contributed by atoms with Crippen molar-refractivity contribution in [1.29, 1.82) is 0 Å². The smallest absolute Gasteiger partial charge is 0.321 e. The SMILES string of the molecule is Cc1ccc(Cc2nnc(NC(=O)NC3CCOC4(CCC4)C3)s2)cc1. The van der Waals surface area contributed by atoms with Crippen LogP contribution in [0, 0.1) is 6.92 Å². The number of nitrogens with one attached hydrogen (secondary N) is 2. The predicted octanol–water partition coefficient (Wildman–Crippen LogP) is 3.66. The molecular formula is C19H24N4O2S. The van der Waals surface area contributed by atoms with Crippen molar-refractivity contribution in [2.75, 3.05) is 11.9 Å². The van der Waals surface area contributed by atoms with E-state index in [1.165, 1.54) is 28.9 Å². The number of urea groups is 1. The van der Waals surface area contributed by atoms with E-state index in [0.29, 0.717) is 5.13 Å². The molecule has 2 aromatic rings. The molecule has 1 aliphatic heterocycles. The van der Waals surface area contributed by atoms with Gasteiger partial charge in [-0.15, -0.1) is 10.2 Å². The Morgan fingerprint density at radius 2 is 2.12 bits per heavy atom. The molecule has 1 aliphatic carbocycles. The third kappa shape index (κ3) is 4.04. The zero-order valence-corrected chi connectivity index (χ0v) is 15.8. The Labute approximate surface area is 157 Å². The lowest BCUT2D eigenvalue weighted by atomic mass is 9.74. The van der Waals surface area contributed by atoms with Gasteiger partial charge in [0.25, 0.3) is 0 Å². The maximum absolute atomic E-state index is 12.3. The molecule has 0 radical (unpaired) electrons. The van der Waals surface area contributed by atoms with Crippen molar-refractivity contribution in [1.82, 2.24) is 15.5 Å². The summed E-state index contributed by atoms with van der Waals surface area (Å²) in [6, 6.07) is 8.33. The van der Waals surface area contributed by atoms with Crippen LogP contribution in [0.3, 0.4) is 0 Å². The van der Waals surface area contributed by atoms with Crippen molar-refractivity contribution >= 4 is 22.5 Å². The Bertz CT molecular complexity index is 770. The number of ether oxygens (including phenoxy) is 1. The number of carbonyl (C=O) groups excluding carboxylic acids is 1. The van der Waals surface area contributed by atoms with E-state index < -0.39 is 0 Å². The summed E-state index contributed by atoms with van der Waals surface area (Å²) in [4.78, 5) is 12.3. The van der Waals surface area contributed by atoms with Gasteiger partial charge in [0.2, 0.25) is 5.13 Å². The summed E-state index contributed by atoms with van der Waals surface area (Å²) >= 11 is 1.42. The molecule has 1 saturated heterocycles. The fraction of sp³-hybridized carbons (Fsp3) is 0.526. The van der Waals surface area contributed by atoms with Gasteiger partial charge in [-0.05, 0) is 44.6 Å². The lowest BCUT2D eigenvalue weighted by Gasteiger charge is -2.47. The first-order chi connectivity index (χ1) is 12.6. The number of aryl methyl sites for hydroxylation is 1. The topological polar surface area (TPSA) is 76.1 Å². The highest BCUT2D eigenvalue weighted by atomic mass is 32.1. The molecule has 2 heterocycles. The third-order valence-electron chi connectivity index (χ3n) is 5.26. The van der Waals surface area contributed by atoms with Crippen molar-refractivity contribution in [3.8, 4) is 0 Å². The lowest BCUT2D eigenvalue weighted by Crippen LogP contribution is -2.52. The number of benzene rings is 1. The van der Waals surface area contributed by atoms with Crippen LogP contribution in [0.5, 0.6) is 0 Å². The molecule has 1 unspecified atom stereocenters. The molecule has 1 spiro atoms. The van der Waals surface area contributed by atoms with Crippen LogP contribution in [-0.2, 0) is 11.2 Å². The molecule has 1 atom stereocenters. The standard InChI is InChI=1S/C19H24N4O2S/c1-13-3-5-14(6-4-13)11-16-22-23-18(26-16)21-17(24)20-15-7-10-25-19(12-15)8-2-9-19/h3-6,15H,2,7-12H2,1H3,(H2,20,21,23,24). The van der Waals surface area contributed by atoms with Crippen molar-refractivity contribution < 1.29 is 9.53 Å². The number of aromatic nitrogens is 2. The minimum Gasteiger partial charge on any atom is -0.375 e. The largest absolute Gasteiger partial charge is 0.375 e. The molecule has 4 rings (SSSR count). The summed E-state index contributed by atoms with van der Waals surface area (Å²) in [6.07, 6.45) is 5.97. The van der Waals surface area contributed by atoms with Gasteiger partial charge in [0.15, 0.2) is 0 Å². The first kappa shape index (κ1) is 17.4. The number of amides is 2. The fourth-order valence-electron chi connectivity index (χ4n) is 3.65. The van der Waals surface area contributed by atoms with E-state index in [4.69, 9.17) is 4.74 Å². The molecule has 6 nitrogen and oxygen atoms in total. The molecule has 2 N–H and O–H groups in total. The van der Waals surface area contributed by atoms with E-state index in [9.17, 15) is 4.79 Å². The molecule has 2 aliphatic rings. The Balaban J connectivity index is 1.29. The number of anilines is 1. The predicted molar refractivity (Wildman–Crippen MR) is 102 cm³/mol. The highest BCUT2D eigenvalue weighted by molar-refractivity contribution is 7.15. The van der Waals surface area contributed by atoms with Crippen LogP contribution in [0.25, 0.3) is 0 Å². The van der Waals surface area contributed by atoms with Crippen LogP contribution in [0.15, 0.2) is 24.3 Å². The summed E-state index contributed by atoms with van der Waals surface area (Å²) in [5, 5.41) is 15.6. The van der Waals surface area contributed by atoms with Gasteiger partial charge in [0, 0.05) is 19.1 Å². The minimum absolute atomic E-state index is 0.0279. The summed E-state index contributed by atoms with van der Waals surface area (Å²) in [5.74, 6) is 0. The first-order valence-corrected chi connectivity index (χ1v) is 10.0. The zero-order valence-electron chi connectivity index (χ0n) is 15.0. The van der Waals surface area contributed by atoms with Gasteiger partial charge in [0.1, 0.15) is 5.01 Å². The molecule has 2 amide bonds. The van der Waals surface area contributed by atoms with E-state index >= 15 is 0 Å². The molecule has 138 valence electrons. The zero-order chi connectivity index (χ0) is 18.0. The third-order valence-corrected chi connectivity index (χ3v) is 6.09. The molecule has 1 aromatic carbocycles. The van der Waals surface area contributed by atoms with Gasteiger partial charge in [-0.3, -0.25) is 5.32 Å². The van der Waals surface area contributed by atoms with Gasteiger partial charge in [0.05, 0.1) is 5.60 Å². The van der Waals surface area contributed by atoms with E-state index in [1.54, 1.807) is 0 Å². The average molecular weight is 372 g/mol. The molecule has 1 aromatic heterocycles. The second-order valence-electron chi connectivity index (χ2n) is 7.34. The Hall–Kier alpha value is -1.99. The van der Waals surface area contributed by atoms with Crippen LogP contribution < -0.4 is 10.6 Å². The van der Waals surface area contributed by atoms with E-state index in [0.717, 1.165) is 43.7 Å². The number of hydrogen-bond acceptors (Lipinski definition) is 5. The van der Waals surface area contributed by atoms with Crippen molar-refractivity contribution in [3.05, 3.63) is 40.4 Å².